The fraction of sp³-hybridized carbons (Fsp3) is 0.438. The van der Waals surface area contributed by atoms with E-state index in [1.165, 1.54) is 25.7 Å². The quantitative estimate of drug-likeness (QED) is 0.677. The monoisotopic (exact) mass is 243 g/mol. The van der Waals surface area contributed by atoms with Crippen molar-refractivity contribution >= 4 is 16.8 Å². The molecular formula is C16H21NO. The molecule has 96 valence electrons. The van der Waals surface area contributed by atoms with Crippen molar-refractivity contribution in [3.8, 4) is 0 Å². The fourth-order valence-electron chi connectivity index (χ4n) is 2.30. The number of para-hydroxylation sites is 1. The number of benzene rings is 1. The molecule has 0 aliphatic rings. The van der Waals surface area contributed by atoms with Crippen molar-refractivity contribution in [3.05, 3.63) is 36.5 Å². The van der Waals surface area contributed by atoms with Crippen LogP contribution >= 0.6 is 0 Å². The number of carbonyl (C=O) groups excluding carboxylic acids is 1. The van der Waals surface area contributed by atoms with Crippen LogP contribution in [0.2, 0.25) is 0 Å². The van der Waals surface area contributed by atoms with E-state index in [0.29, 0.717) is 6.42 Å². The van der Waals surface area contributed by atoms with Gasteiger partial charge in [-0.1, -0.05) is 50.8 Å². The van der Waals surface area contributed by atoms with Gasteiger partial charge in [0.25, 0.3) is 0 Å². The first-order valence-corrected chi connectivity index (χ1v) is 6.92. The maximum Gasteiger partial charge on any atom is 0.231 e. The minimum absolute atomic E-state index is 0.215. The second-order valence-electron chi connectivity index (χ2n) is 4.80. The van der Waals surface area contributed by atoms with Crippen LogP contribution in [0.5, 0.6) is 0 Å². The predicted molar refractivity (Wildman–Crippen MR) is 75.9 cm³/mol. The van der Waals surface area contributed by atoms with Gasteiger partial charge >= 0.3 is 0 Å². The zero-order chi connectivity index (χ0) is 12.8. The lowest BCUT2D eigenvalue weighted by Gasteiger charge is -2.04. The van der Waals surface area contributed by atoms with Crippen molar-refractivity contribution in [2.24, 2.45) is 0 Å². The largest absolute Gasteiger partial charge is 0.287 e. The van der Waals surface area contributed by atoms with Gasteiger partial charge in [0.15, 0.2) is 0 Å². The van der Waals surface area contributed by atoms with E-state index in [2.05, 4.69) is 6.92 Å². The molecule has 1 aromatic carbocycles. The highest BCUT2D eigenvalue weighted by Gasteiger charge is 2.07. The lowest BCUT2D eigenvalue weighted by molar-refractivity contribution is 0.0904. The highest BCUT2D eigenvalue weighted by Crippen LogP contribution is 2.16. The molecule has 0 saturated heterocycles. The summed E-state index contributed by atoms with van der Waals surface area (Å²) in [6.45, 7) is 2.21. The van der Waals surface area contributed by atoms with Crippen LogP contribution in [0.25, 0.3) is 10.9 Å². The maximum absolute atomic E-state index is 12.1. The van der Waals surface area contributed by atoms with Crippen LogP contribution in [-0.2, 0) is 0 Å². The Kier molecular flexibility index (Phi) is 4.57. The van der Waals surface area contributed by atoms with Gasteiger partial charge in [-0.2, -0.15) is 0 Å². The van der Waals surface area contributed by atoms with Gasteiger partial charge in [0.2, 0.25) is 5.91 Å². The lowest BCUT2D eigenvalue weighted by atomic mass is 10.1. The van der Waals surface area contributed by atoms with Gasteiger partial charge in [0.05, 0.1) is 5.52 Å². The van der Waals surface area contributed by atoms with E-state index in [0.717, 1.165) is 17.3 Å². The van der Waals surface area contributed by atoms with Gasteiger partial charge in [-0.3, -0.25) is 9.36 Å². The van der Waals surface area contributed by atoms with Crippen LogP contribution in [0.3, 0.4) is 0 Å². The van der Waals surface area contributed by atoms with Crippen LogP contribution in [0.4, 0.5) is 0 Å². The summed E-state index contributed by atoms with van der Waals surface area (Å²) in [5.74, 6) is 0.215. The molecule has 0 saturated carbocycles. The normalized spacial score (nSPS) is 10.9. The number of unbranched alkanes of at least 4 members (excludes halogenated alkanes) is 4. The van der Waals surface area contributed by atoms with Gasteiger partial charge in [0.1, 0.15) is 0 Å². The van der Waals surface area contributed by atoms with Gasteiger partial charge in [0, 0.05) is 18.0 Å². The van der Waals surface area contributed by atoms with Gasteiger partial charge in [-0.25, -0.2) is 0 Å². The topological polar surface area (TPSA) is 22.0 Å². The van der Waals surface area contributed by atoms with Crippen LogP contribution in [0.1, 0.15) is 50.2 Å². The summed E-state index contributed by atoms with van der Waals surface area (Å²) in [5, 5.41) is 1.14. The number of rotatable bonds is 6. The van der Waals surface area contributed by atoms with Crippen LogP contribution in [0, 0.1) is 0 Å². The molecule has 1 aromatic heterocycles. The Morgan fingerprint density at radius 1 is 1.06 bits per heavy atom. The summed E-state index contributed by atoms with van der Waals surface area (Å²) in [6, 6.07) is 10.0. The van der Waals surface area contributed by atoms with E-state index in [9.17, 15) is 4.79 Å². The van der Waals surface area contributed by atoms with Crippen molar-refractivity contribution in [3.63, 3.8) is 0 Å². The molecule has 0 amide bonds. The number of hydrogen-bond donors (Lipinski definition) is 0. The first kappa shape index (κ1) is 12.9. The SMILES string of the molecule is CCCCCCCC(=O)n1ccc2ccccc21. The Labute approximate surface area is 109 Å². The maximum atomic E-state index is 12.1. The molecule has 0 unspecified atom stereocenters. The fourth-order valence-corrected chi connectivity index (χ4v) is 2.30. The minimum atomic E-state index is 0.215. The third-order valence-electron chi connectivity index (χ3n) is 3.36. The number of carbonyl (C=O) groups is 1. The van der Waals surface area contributed by atoms with Crippen molar-refractivity contribution in [2.75, 3.05) is 0 Å². The number of nitrogens with zero attached hydrogens (tertiary/aromatic N) is 1. The molecule has 2 rings (SSSR count). The average molecular weight is 243 g/mol. The van der Waals surface area contributed by atoms with Crippen LogP contribution in [0.15, 0.2) is 36.5 Å². The minimum Gasteiger partial charge on any atom is -0.287 e. The first-order chi connectivity index (χ1) is 8.83. The second-order valence-corrected chi connectivity index (χ2v) is 4.80. The third kappa shape index (κ3) is 3.00. The Morgan fingerprint density at radius 3 is 2.67 bits per heavy atom. The van der Waals surface area contributed by atoms with E-state index in [1.807, 2.05) is 36.5 Å². The smallest absolute Gasteiger partial charge is 0.231 e. The molecule has 0 radical (unpaired) electrons. The molecule has 18 heavy (non-hydrogen) atoms. The van der Waals surface area contributed by atoms with Crippen molar-refractivity contribution < 1.29 is 4.79 Å². The summed E-state index contributed by atoms with van der Waals surface area (Å²) in [4.78, 5) is 12.1. The molecule has 0 N–H and O–H groups in total. The Balaban J connectivity index is 1.93. The highest BCUT2D eigenvalue weighted by atomic mass is 16.2. The molecule has 0 aliphatic carbocycles. The molecule has 0 spiro atoms. The molecule has 0 atom stereocenters. The third-order valence-corrected chi connectivity index (χ3v) is 3.36. The Bertz CT molecular complexity index is 513. The standard InChI is InChI=1S/C16H21NO/c1-2-3-4-5-6-11-16(18)17-13-12-14-9-7-8-10-15(14)17/h7-10,12-13H,2-6,11H2,1H3. The summed E-state index contributed by atoms with van der Waals surface area (Å²) in [6.07, 6.45) is 8.48. The van der Waals surface area contributed by atoms with Crippen LogP contribution in [-0.4, -0.2) is 10.5 Å². The summed E-state index contributed by atoms with van der Waals surface area (Å²) >= 11 is 0. The van der Waals surface area contributed by atoms with Crippen molar-refractivity contribution in [1.29, 1.82) is 0 Å². The average Bonchev–Trinajstić information content (AvgIpc) is 2.82. The lowest BCUT2D eigenvalue weighted by Crippen LogP contribution is -2.08. The summed E-state index contributed by atoms with van der Waals surface area (Å²) < 4.78 is 1.79. The first-order valence-electron chi connectivity index (χ1n) is 6.92. The molecule has 0 fully saturated rings. The summed E-state index contributed by atoms with van der Waals surface area (Å²) in [7, 11) is 0. The van der Waals surface area contributed by atoms with Gasteiger partial charge in [-0.05, 0) is 18.6 Å². The Hall–Kier alpha value is -1.57. The van der Waals surface area contributed by atoms with Gasteiger partial charge in [-0.15, -0.1) is 0 Å². The predicted octanol–water partition coefficient (Wildman–Crippen LogP) is 4.64. The molecule has 2 aromatic rings. The molecule has 0 bridgehead atoms. The number of hydrogen-bond acceptors (Lipinski definition) is 1. The molecule has 2 heteroatoms. The van der Waals surface area contributed by atoms with E-state index in [1.54, 1.807) is 4.57 Å². The molecule has 1 heterocycles. The van der Waals surface area contributed by atoms with Crippen LogP contribution < -0.4 is 0 Å². The number of aromatic nitrogens is 1. The van der Waals surface area contributed by atoms with E-state index in [-0.39, 0.29) is 5.91 Å². The van der Waals surface area contributed by atoms with Gasteiger partial charge < -0.3 is 0 Å². The molecule has 0 aliphatic heterocycles. The van der Waals surface area contributed by atoms with Crippen molar-refractivity contribution in [2.45, 2.75) is 45.4 Å². The summed E-state index contributed by atoms with van der Waals surface area (Å²) in [5.41, 5.74) is 1.02. The second kappa shape index (κ2) is 6.39. The van der Waals surface area contributed by atoms with E-state index < -0.39 is 0 Å². The zero-order valence-electron chi connectivity index (χ0n) is 11.1. The Morgan fingerprint density at radius 2 is 1.83 bits per heavy atom. The molecule has 2 nitrogen and oxygen atoms in total. The van der Waals surface area contributed by atoms with Crippen molar-refractivity contribution in [1.82, 2.24) is 4.57 Å². The molecular weight excluding hydrogens is 222 g/mol. The zero-order valence-corrected chi connectivity index (χ0v) is 11.1. The number of fused-ring (bicyclic) bond motifs is 1. The van der Waals surface area contributed by atoms with E-state index >= 15 is 0 Å². The van der Waals surface area contributed by atoms with E-state index in [4.69, 9.17) is 0 Å². The highest BCUT2D eigenvalue weighted by molar-refractivity contribution is 5.92.